The standard InChI is InChI=1S/C21H26Cl2N4O/c1-15(2)14-27-21(23)19(16(3)24-27)7-8-20(28)26-11-9-25(10-12-26)18-6-4-5-17(22)13-18/h4-8,13,15H,9-12,14H2,1-3H3/b8-7+. The van der Waals surface area contributed by atoms with Crippen LogP contribution in [0.1, 0.15) is 25.1 Å². The molecule has 2 heterocycles. The summed E-state index contributed by atoms with van der Waals surface area (Å²) in [4.78, 5) is 16.7. The Hall–Kier alpha value is -1.98. The number of aromatic nitrogens is 2. The van der Waals surface area contributed by atoms with Gasteiger partial charge < -0.3 is 9.80 Å². The number of benzene rings is 1. The van der Waals surface area contributed by atoms with Crippen LogP contribution in [0.2, 0.25) is 10.2 Å². The third-order valence-electron chi connectivity index (χ3n) is 4.80. The highest BCUT2D eigenvalue weighted by atomic mass is 35.5. The van der Waals surface area contributed by atoms with Crippen molar-refractivity contribution in [2.24, 2.45) is 5.92 Å². The lowest BCUT2D eigenvalue weighted by Crippen LogP contribution is -2.48. The lowest BCUT2D eigenvalue weighted by atomic mass is 10.2. The molecule has 1 aliphatic heterocycles. The van der Waals surface area contributed by atoms with E-state index in [1.165, 1.54) is 0 Å². The van der Waals surface area contributed by atoms with Gasteiger partial charge in [-0.1, -0.05) is 43.1 Å². The van der Waals surface area contributed by atoms with E-state index in [1.807, 2.05) is 36.1 Å². The van der Waals surface area contributed by atoms with Gasteiger partial charge in [0.2, 0.25) is 5.91 Å². The van der Waals surface area contributed by atoms with Gasteiger partial charge in [-0.2, -0.15) is 5.10 Å². The molecule has 0 saturated carbocycles. The van der Waals surface area contributed by atoms with Crippen LogP contribution in [0.5, 0.6) is 0 Å². The van der Waals surface area contributed by atoms with Crippen LogP contribution in [0.15, 0.2) is 30.3 Å². The highest BCUT2D eigenvalue weighted by molar-refractivity contribution is 6.31. The second kappa shape index (κ2) is 9.01. The summed E-state index contributed by atoms with van der Waals surface area (Å²) in [6.45, 7) is 9.83. The van der Waals surface area contributed by atoms with Crippen LogP contribution >= 0.6 is 23.2 Å². The fourth-order valence-corrected chi connectivity index (χ4v) is 3.83. The minimum absolute atomic E-state index is 0.00202. The van der Waals surface area contributed by atoms with Crippen molar-refractivity contribution in [3.05, 3.63) is 51.8 Å². The van der Waals surface area contributed by atoms with Gasteiger partial charge in [0.25, 0.3) is 0 Å². The number of hydrogen-bond acceptors (Lipinski definition) is 3. The Labute approximate surface area is 176 Å². The monoisotopic (exact) mass is 420 g/mol. The molecule has 2 aromatic rings. The van der Waals surface area contributed by atoms with E-state index < -0.39 is 0 Å². The zero-order valence-electron chi connectivity index (χ0n) is 16.5. The number of nitrogens with zero attached hydrogens (tertiary/aromatic N) is 4. The molecule has 7 heteroatoms. The molecule has 1 amide bonds. The lowest BCUT2D eigenvalue weighted by Gasteiger charge is -2.35. The van der Waals surface area contributed by atoms with Gasteiger partial charge >= 0.3 is 0 Å². The van der Waals surface area contributed by atoms with Gasteiger partial charge in [-0.25, -0.2) is 0 Å². The van der Waals surface area contributed by atoms with Gasteiger partial charge in [0.15, 0.2) is 0 Å². The minimum atomic E-state index is -0.00202. The molecule has 0 N–H and O–H groups in total. The lowest BCUT2D eigenvalue weighted by molar-refractivity contribution is -0.126. The van der Waals surface area contributed by atoms with E-state index in [4.69, 9.17) is 23.2 Å². The Morgan fingerprint density at radius 3 is 2.57 bits per heavy atom. The summed E-state index contributed by atoms with van der Waals surface area (Å²) in [6, 6.07) is 7.82. The summed E-state index contributed by atoms with van der Waals surface area (Å²) < 4.78 is 1.80. The number of aryl methyl sites for hydroxylation is 1. The van der Waals surface area contributed by atoms with Crippen LogP contribution in [0, 0.1) is 12.8 Å². The first-order chi connectivity index (χ1) is 13.3. The molecule has 28 heavy (non-hydrogen) atoms. The van der Waals surface area contributed by atoms with Crippen molar-refractivity contribution in [2.45, 2.75) is 27.3 Å². The summed E-state index contributed by atoms with van der Waals surface area (Å²) in [5.41, 5.74) is 2.74. The van der Waals surface area contributed by atoms with Crippen LogP contribution in [0.3, 0.4) is 0 Å². The molecule has 150 valence electrons. The molecule has 1 aliphatic rings. The fourth-order valence-electron chi connectivity index (χ4n) is 3.34. The molecule has 0 bridgehead atoms. The maximum Gasteiger partial charge on any atom is 0.246 e. The van der Waals surface area contributed by atoms with Crippen molar-refractivity contribution < 1.29 is 4.79 Å². The molecular formula is C21H26Cl2N4O. The number of halogens is 2. The third-order valence-corrected chi connectivity index (χ3v) is 5.44. The SMILES string of the molecule is Cc1nn(CC(C)C)c(Cl)c1/C=C/C(=O)N1CCN(c2cccc(Cl)c2)CC1. The summed E-state index contributed by atoms with van der Waals surface area (Å²) in [5, 5.41) is 5.79. The van der Waals surface area contributed by atoms with E-state index >= 15 is 0 Å². The average Bonchev–Trinajstić information content (AvgIpc) is 2.92. The zero-order chi connectivity index (χ0) is 20.3. The van der Waals surface area contributed by atoms with Crippen LogP contribution in [0.4, 0.5) is 5.69 Å². The molecule has 3 rings (SSSR count). The van der Waals surface area contributed by atoms with Gasteiger partial charge in [0.05, 0.1) is 5.69 Å². The zero-order valence-corrected chi connectivity index (χ0v) is 18.0. The van der Waals surface area contributed by atoms with Gasteiger partial charge in [-0.05, 0) is 37.1 Å². The van der Waals surface area contributed by atoms with Crippen molar-refractivity contribution >= 4 is 40.9 Å². The first kappa shape index (κ1) is 20.7. The predicted octanol–water partition coefficient (Wildman–Crippen LogP) is 4.52. The highest BCUT2D eigenvalue weighted by Gasteiger charge is 2.20. The van der Waals surface area contributed by atoms with Crippen LogP contribution < -0.4 is 4.90 Å². The van der Waals surface area contributed by atoms with Crippen LogP contribution in [-0.2, 0) is 11.3 Å². The second-order valence-corrected chi connectivity index (χ2v) is 8.29. The number of anilines is 1. The van der Waals surface area contributed by atoms with E-state index in [2.05, 4.69) is 23.8 Å². The van der Waals surface area contributed by atoms with Crippen molar-refractivity contribution in [1.29, 1.82) is 0 Å². The Balaban J connectivity index is 1.61. The maximum absolute atomic E-state index is 12.6. The van der Waals surface area contributed by atoms with Gasteiger partial charge in [0.1, 0.15) is 5.15 Å². The number of rotatable bonds is 5. The Kier molecular flexibility index (Phi) is 6.68. The number of hydrogen-bond donors (Lipinski definition) is 0. The normalized spacial score (nSPS) is 15.1. The highest BCUT2D eigenvalue weighted by Crippen LogP contribution is 2.23. The number of carbonyl (C=O) groups excluding carboxylic acids is 1. The van der Waals surface area contributed by atoms with E-state index in [0.717, 1.165) is 41.6 Å². The molecule has 0 atom stereocenters. The van der Waals surface area contributed by atoms with Gasteiger partial charge in [0, 0.05) is 55.1 Å². The smallest absolute Gasteiger partial charge is 0.246 e. The van der Waals surface area contributed by atoms with Crippen molar-refractivity contribution in [2.75, 3.05) is 31.1 Å². The maximum atomic E-state index is 12.6. The van der Waals surface area contributed by atoms with Crippen molar-refractivity contribution in [1.82, 2.24) is 14.7 Å². The first-order valence-electron chi connectivity index (χ1n) is 9.55. The number of piperazine rings is 1. The fraction of sp³-hybridized carbons (Fsp3) is 0.429. The second-order valence-electron chi connectivity index (χ2n) is 7.49. The average molecular weight is 421 g/mol. The van der Waals surface area contributed by atoms with Crippen LogP contribution in [0.25, 0.3) is 6.08 Å². The predicted molar refractivity (Wildman–Crippen MR) is 116 cm³/mol. The molecular weight excluding hydrogens is 395 g/mol. The Bertz CT molecular complexity index is 867. The summed E-state index contributed by atoms with van der Waals surface area (Å²) in [6.07, 6.45) is 3.39. The van der Waals surface area contributed by atoms with E-state index in [9.17, 15) is 4.79 Å². The first-order valence-corrected chi connectivity index (χ1v) is 10.3. The van der Waals surface area contributed by atoms with Gasteiger partial charge in [-0.3, -0.25) is 9.48 Å². The van der Waals surface area contributed by atoms with E-state index in [0.29, 0.717) is 24.2 Å². The molecule has 1 fully saturated rings. The summed E-state index contributed by atoms with van der Waals surface area (Å²) in [7, 11) is 0. The molecule has 0 radical (unpaired) electrons. The molecule has 0 unspecified atom stereocenters. The molecule has 1 aromatic heterocycles. The van der Waals surface area contributed by atoms with Crippen molar-refractivity contribution in [3.63, 3.8) is 0 Å². The molecule has 1 saturated heterocycles. The van der Waals surface area contributed by atoms with E-state index in [-0.39, 0.29) is 5.91 Å². The molecule has 0 spiro atoms. The number of amides is 1. The minimum Gasteiger partial charge on any atom is -0.368 e. The van der Waals surface area contributed by atoms with E-state index in [1.54, 1.807) is 16.8 Å². The topological polar surface area (TPSA) is 41.4 Å². The Morgan fingerprint density at radius 1 is 1.21 bits per heavy atom. The Morgan fingerprint density at radius 2 is 1.93 bits per heavy atom. The molecule has 5 nitrogen and oxygen atoms in total. The summed E-state index contributed by atoms with van der Waals surface area (Å²) >= 11 is 12.5. The number of carbonyl (C=O) groups is 1. The largest absolute Gasteiger partial charge is 0.368 e. The van der Waals surface area contributed by atoms with Crippen LogP contribution in [-0.4, -0.2) is 46.8 Å². The van der Waals surface area contributed by atoms with Gasteiger partial charge in [-0.15, -0.1) is 0 Å². The van der Waals surface area contributed by atoms with Crippen molar-refractivity contribution in [3.8, 4) is 0 Å². The summed E-state index contributed by atoms with van der Waals surface area (Å²) in [5.74, 6) is 0.448. The molecule has 0 aliphatic carbocycles. The third kappa shape index (κ3) is 4.89. The molecule has 1 aromatic carbocycles. The quantitative estimate of drug-likeness (QED) is 0.667.